The fraction of sp³-hybridized carbons (Fsp3) is 0.333. The number of likely N-dealkylation sites (tertiary alicyclic amines) is 1. The van der Waals surface area contributed by atoms with Gasteiger partial charge in [0.05, 0.1) is 0 Å². The van der Waals surface area contributed by atoms with Crippen LogP contribution in [0, 0.1) is 0 Å². The zero-order chi connectivity index (χ0) is 11.5. The second-order valence-electron chi connectivity index (χ2n) is 3.78. The lowest BCUT2D eigenvalue weighted by molar-refractivity contribution is -0.125. The van der Waals surface area contributed by atoms with Gasteiger partial charge in [-0.1, -0.05) is 28.1 Å². The number of carbonyl (C=O) groups is 2. The SMILES string of the molecule is O=C1CCCN1C(=O)c1ccc(CBr)cc1. The van der Waals surface area contributed by atoms with E-state index < -0.39 is 0 Å². The van der Waals surface area contributed by atoms with Gasteiger partial charge in [-0.3, -0.25) is 14.5 Å². The van der Waals surface area contributed by atoms with Gasteiger partial charge in [0, 0.05) is 23.9 Å². The van der Waals surface area contributed by atoms with Gasteiger partial charge in [0.2, 0.25) is 5.91 Å². The van der Waals surface area contributed by atoms with Crippen LogP contribution < -0.4 is 0 Å². The lowest BCUT2D eigenvalue weighted by Crippen LogP contribution is -2.31. The summed E-state index contributed by atoms with van der Waals surface area (Å²) in [6.45, 7) is 0.553. The van der Waals surface area contributed by atoms with E-state index in [1.54, 1.807) is 12.1 Å². The van der Waals surface area contributed by atoms with E-state index in [1.165, 1.54) is 4.90 Å². The topological polar surface area (TPSA) is 37.4 Å². The summed E-state index contributed by atoms with van der Waals surface area (Å²) in [5.41, 5.74) is 1.70. The highest BCUT2D eigenvalue weighted by atomic mass is 79.9. The molecule has 0 unspecified atom stereocenters. The summed E-state index contributed by atoms with van der Waals surface area (Å²) in [6.07, 6.45) is 1.27. The third-order valence-corrected chi connectivity index (χ3v) is 3.32. The van der Waals surface area contributed by atoms with Crippen molar-refractivity contribution in [3.05, 3.63) is 35.4 Å². The molecule has 0 aliphatic carbocycles. The Balaban J connectivity index is 2.17. The monoisotopic (exact) mass is 281 g/mol. The number of carbonyl (C=O) groups excluding carboxylic acids is 2. The molecule has 2 amide bonds. The second kappa shape index (κ2) is 4.78. The molecule has 0 atom stereocenters. The van der Waals surface area contributed by atoms with E-state index >= 15 is 0 Å². The van der Waals surface area contributed by atoms with Crippen molar-refractivity contribution in [2.45, 2.75) is 18.2 Å². The van der Waals surface area contributed by atoms with Gasteiger partial charge in [0.15, 0.2) is 0 Å². The molecule has 3 nitrogen and oxygen atoms in total. The molecular weight excluding hydrogens is 270 g/mol. The molecular formula is C12H12BrNO2. The average Bonchev–Trinajstić information content (AvgIpc) is 2.75. The highest BCUT2D eigenvalue weighted by Crippen LogP contribution is 2.15. The number of halogens is 1. The van der Waals surface area contributed by atoms with Crippen LogP contribution in [0.1, 0.15) is 28.8 Å². The summed E-state index contributed by atoms with van der Waals surface area (Å²) < 4.78 is 0. The van der Waals surface area contributed by atoms with Crippen molar-refractivity contribution in [1.29, 1.82) is 0 Å². The van der Waals surface area contributed by atoms with E-state index in [2.05, 4.69) is 15.9 Å². The highest BCUT2D eigenvalue weighted by molar-refractivity contribution is 9.08. The molecule has 0 bridgehead atoms. The summed E-state index contributed by atoms with van der Waals surface area (Å²) in [6, 6.07) is 7.32. The molecule has 84 valence electrons. The zero-order valence-electron chi connectivity index (χ0n) is 8.78. The quantitative estimate of drug-likeness (QED) is 0.616. The molecule has 1 aromatic rings. The minimum atomic E-state index is -0.177. The Bertz CT molecular complexity index is 414. The fourth-order valence-electron chi connectivity index (χ4n) is 1.76. The third-order valence-electron chi connectivity index (χ3n) is 2.67. The lowest BCUT2D eigenvalue weighted by Gasteiger charge is -2.13. The molecule has 0 saturated carbocycles. The summed E-state index contributed by atoms with van der Waals surface area (Å²) in [4.78, 5) is 24.7. The first-order chi connectivity index (χ1) is 7.72. The van der Waals surface area contributed by atoms with Gasteiger partial charge in [-0.05, 0) is 24.1 Å². The van der Waals surface area contributed by atoms with E-state index in [-0.39, 0.29) is 11.8 Å². The Hall–Kier alpha value is -1.16. The third kappa shape index (κ3) is 2.16. The number of rotatable bonds is 2. The fourth-order valence-corrected chi connectivity index (χ4v) is 2.13. The van der Waals surface area contributed by atoms with Crippen molar-refractivity contribution in [1.82, 2.24) is 4.90 Å². The van der Waals surface area contributed by atoms with E-state index in [4.69, 9.17) is 0 Å². The van der Waals surface area contributed by atoms with Crippen molar-refractivity contribution < 1.29 is 9.59 Å². The molecule has 1 saturated heterocycles. The van der Waals surface area contributed by atoms with Gasteiger partial charge < -0.3 is 0 Å². The summed E-state index contributed by atoms with van der Waals surface area (Å²) in [5.74, 6) is -0.238. The van der Waals surface area contributed by atoms with E-state index in [1.807, 2.05) is 12.1 Å². The maximum atomic E-state index is 12.0. The Morgan fingerprint density at radius 1 is 1.31 bits per heavy atom. The minimum absolute atomic E-state index is 0.0606. The number of amides is 2. The molecule has 16 heavy (non-hydrogen) atoms. The summed E-state index contributed by atoms with van der Waals surface area (Å²) >= 11 is 3.35. The first kappa shape index (κ1) is 11.3. The van der Waals surface area contributed by atoms with Gasteiger partial charge in [0.1, 0.15) is 0 Å². The molecule has 0 N–H and O–H groups in total. The van der Waals surface area contributed by atoms with E-state index in [9.17, 15) is 9.59 Å². The second-order valence-corrected chi connectivity index (χ2v) is 4.35. The summed E-state index contributed by atoms with van der Waals surface area (Å²) in [5, 5.41) is 0.768. The predicted octanol–water partition coefficient (Wildman–Crippen LogP) is 2.34. The number of benzene rings is 1. The Morgan fingerprint density at radius 2 is 2.00 bits per heavy atom. The van der Waals surface area contributed by atoms with Crippen molar-refractivity contribution >= 4 is 27.7 Å². The zero-order valence-corrected chi connectivity index (χ0v) is 10.4. The van der Waals surface area contributed by atoms with Crippen molar-refractivity contribution in [2.75, 3.05) is 6.54 Å². The van der Waals surface area contributed by atoms with Crippen LogP contribution in [0.4, 0.5) is 0 Å². The van der Waals surface area contributed by atoms with Crippen LogP contribution in [0.25, 0.3) is 0 Å². The molecule has 0 spiro atoms. The molecule has 0 aromatic heterocycles. The predicted molar refractivity (Wildman–Crippen MR) is 64.4 cm³/mol. The van der Waals surface area contributed by atoms with Gasteiger partial charge in [-0.15, -0.1) is 0 Å². The van der Waals surface area contributed by atoms with Gasteiger partial charge in [-0.25, -0.2) is 0 Å². The van der Waals surface area contributed by atoms with Gasteiger partial charge >= 0.3 is 0 Å². The number of alkyl halides is 1. The first-order valence-electron chi connectivity index (χ1n) is 5.22. The van der Waals surface area contributed by atoms with Crippen LogP contribution in [0.2, 0.25) is 0 Å². The standard InChI is InChI=1S/C12H12BrNO2/c13-8-9-3-5-10(6-4-9)12(16)14-7-1-2-11(14)15/h3-6H,1-2,7-8H2. The van der Waals surface area contributed by atoms with Gasteiger partial charge in [0.25, 0.3) is 5.91 Å². The molecule has 1 fully saturated rings. The number of hydrogen-bond acceptors (Lipinski definition) is 2. The first-order valence-corrected chi connectivity index (χ1v) is 6.34. The van der Waals surface area contributed by atoms with Gasteiger partial charge in [-0.2, -0.15) is 0 Å². The average molecular weight is 282 g/mol. The smallest absolute Gasteiger partial charge is 0.260 e. The molecule has 0 radical (unpaired) electrons. The largest absolute Gasteiger partial charge is 0.279 e. The molecule has 2 rings (SSSR count). The minimum Gasteiger partial charge on any atom is -0.279 e. The lowest BCUT2D eigenvalue weighted by atomic mass is 10.1. The van der Waals surface area contributed by atoms with Crippen LogP contribution >= 0.6 is 15.9 Å². The molecule has 1 heterocycles. The maximum Gasteiger partial charge on any atom is 0.260 e. The van der Waals surface area contributed by atoms with E-state index in [0.717, 1.165) is 17.3 Å². The number of hydrogen-bond donors (Lipinski definition) is 0. The molecule has 1 aliphatic rings. The van der Waals surface area contributed by atoms with Crippen molar-refractivity contribution in [3.63, 3.8) is 0 Å². The maximum absolute atomic E-state index is 12.0. The Morgan fingerprint density at radius 3 is 2.50 bits per heavy atom. The van der Waals surface area contributed by atoms with Crippen LogP contribution in [-0.4, -0.2) is 23.3 Å². The Kier molecular flexibility index (Phi) is 3.39. The van der Waals surface area contributed by atoms with Crippen LogP contribution in [0.3, 0.4) is 0 Å². The summed E-state index contributed by atoms with van der Waals surface area (Å²) in [7, 11) is 0. The highest BCUT2D eigenvalue weighted by Gasteiger charge is 2.26. The van der Waals surface area contributed by atoms with Crippen molar-refractivity contribution in [3.8, 4) is 0 Å². The molecule has 1 aromatic carbocycles. The van der Waals surface area contributed by atoms with E-state index in [0.29, 0.717) is 18.5 Å². The number of imide groups is 1. The molecule has 1 aliphatic heterocycles. The van der Waals surface area contributed by atoms with Crippen LogP contribution in [-0.2, 0) is 10.1 Å². The van der Waals surface area contributed by atoms with Crippen LogP contribution in [0.5, 0.6) is 0 Å². The number of nitrogens with zero attached hydrogens (tertiary/aromatic N) is 1. The van der Waals surface area contributed by atoms with Crippen molar-refractivity contribution in [2.24, 2.45) is 0 Å². The normalized spacial score (nSPS) is 15.6. The Labute approximate surface area is 103 Å². The van der Waals surface area contributed by atoms with Crippen LogP contribution in [0.15, 0.2) is 24.3 Å². The molecule has 4 heteroatoms.